The van der Waals surface area contributed by atoms with Crippen molar-refractivity contribution in [3.05, 3.63) is 29.8 Å². The lowest BCUT2D eigenvalue weighted by Gasteiger charge is -2.50. The predicted molar refractivity (Wildman–Crippen MR) is 85.4 cm³/mol. The van der Waals surface area contributed by atoms with Crippen LogP contribution in [0.4, 0.5) is 0 Å². The number of para-hydroxylation sites is 1. The van der Waals surface area contributed by atoms with Gasteiger partial charge in [0.15, 0.2) is 0 Å². The lowest BCUT2D eigenvalue weighted by molar-refractivity contribution is 0.121. The Kier molecular flexibility index (Phi) is 4.43. The SMILES string of the molecule is CCC1CC(CNC(C)(C)C)(c2ccccc2OC)C1. The second kappa shape index (κ2) is 5.77. The summed E-state index contributed by atoms with van der Waals surface area (Å²) >= 11 is 0. The van der Waals surface area contributed by atoms with Gasteiger partial charge in [0.25, 0.3) is 0 Å². The average Bonchev–Trinajstić information content (AvgIpc) is 2.37. The van der Waals surface area contributed by atoms with Crippen molar-refractivity contribution in [1.29, 1.82) is 0 Å². The lowest BCUT2D eigenvalue weighted by atomic mass is 9.57. The molecule has 2 nitrogen and oxygen atoms in total. The minimum absolute atomic E-state index is 0.159. The van der Waals surface area contributed by atoms with Gasteiger partial charge in [-0.15, -0.1) is 0 Å². The Morgan fingerprint density at radius 3 is 2.45 bits per heavy atom. The normalized spacial score (nSPS) is 26.1. The summed E-state index contributed by atoms with van der Waals surface area (Å²) in [5, 5.41) is 3.70. The molecule has 0 atom stereocenters. The zero-order valence-electron chi connectivity index (χ0n) is 13.6. The average molecular weight is 275 g/mol. The Labute approximate surface area is 123 Å². The summed E-state index contributed by atoms with van der Waals surface area (Å²) in [6.45, 7) is 10.0. The number of hydrogen-bond donors (Lipinski definition) is 1. The van der Waals surface area contributed by atoms with Crippen molar-refractivity contribution < 1.29 is 4.74 Å². The van der Waals surface area contributed by atoms with E-state index in [1.807, 2.05) is 0 Å². The molecule has 20 heavy (non-hydrogen) atoms. The van der Waals surface area contributed by atoms with Crippen LogP contribution in [0.1, 0.15) is 52.5 Å². The second-order valence-electron chi connectivity index (χ2n) is 7.27. The molecule has 0 heterocycles. The minimum Gasteiger partial charge on any atom is -0.496 e. The highest BCUT2D eigenvalue weighted by Gasteiger charge is 2.46. The lowest BCUT2D eigenvalue weighted by Crippen LogP contribution is -2.52. The number of methoxy groups -OCH3 is 1. The zero-order chi connectivity index (χ0) is 14.8. The van der Waals surface area contributed by atoms with E-state index >= 15 is 0 Å². The maximum Gasteiger partial charge on any atom is 0.122 e. The first kappa shape index (κ1) is 15.4. The summed E-state index contributed by atoms with van der Waals surface area (Å²) in [4.78, 5) is 0. The van der Waals surface area contributed by atoms with Crippen LogP contribution in [-0.2, 0) is 5.41 Å². The van der Waals surface area contributed by atoms with Gasteiger partial charge in [-0.2, -0.15) is 0 Å². The van der Waals surface area contributed by atoms with E-state index in [1.165, 1.54) is 24.8 Å². The fourth-order valence-electron chi connectivity index (χ4n) is 3.31. The van der Waals surface area contributed by atoms with Gasteiger partial charge in [-0.25, -0.2) is 0 Å². The molecule has 0 saturated heterocycles. The molecule has 0 aliphatic heterocycles. The van der Waals surface area contributed by atoms with Crippen molar-refractivity contribution in [1.82, 2.24) is 5.32 Å². The third kappa shape index (κ3) is 3.17. The summed E-state index contributed by atoms with van der Waals surface area (Å²) < 4.78 is 5.60. The maximum absolute atomic E-state index is 5.60. The van der Waals surface area contributed by atoms with Crippen LogP contribution in [0, 0.1) is 5.92 Å². The number of ether oxygens (including phenoxy) is 1. The van der Waals surface area contributed by atoms with Gasteiger partial charge in [0.05, 0.1) is 7.11 Å². The van der Waals surface area contributed by atoms with Gasteiger partial charge in [-0.05, 0) is 45.6 Å². The zero-order valence-corrected chi connectivity index (χ0v) is 13.6. The van der Waals surface area contributed by atoms with Crippen molar-refractivity contribution in [2.75, 3.05) is 13.7 Å². The smallest absolute Gasteiger partial charge is 0.122 e. The molecule has 1 aliphatic carbocycles. The molecule has 1 aromatic rings. The third-order valence-corrected chi connectivity index (χ3v) is 4.57. The van der Waals surface area contributed by atoms with Crippen molar-refractivity contribution in [2.24, 2.45) is 5.92 Å². The molecule has 2 rings (SSSR count). The van der Waals surface area contributed by atoms with E-state index < -0.39 is 0 Å². The second-order valence-corrected chi connectivity index (χ2v) is 7.27. The summed E-state index contributed by atoms with van der Waals surface area (Å²) in [5.41, 5.74) is 1.79. The molecular formula is C18H29NO. The Morgan fingerprint density at radius 1 is 1.25 bits per heavy atom. The van der Waals surface area contributed by atoms with E-state index in [0.717, 1.165) is 18.2 Å². The van der Waals surface area contributed by atoms with Crippen LogP contribution in [0.2, 0.25) is 0 Å². The maximum atomic E-state index is 5.60. The summed E-state index contributed by atoms with van der Waals surface area (Å²) in [7, 11) is 1.78. The van der Waals surface area contributed by atoms with Crippen LogP contribution in [0.5, 0.6) is 5.75 Å². The van der Waals surface area contributed by atoms with Crippen molar-refractivity contribution in [3.63, 3.8) is 0 Å². The Morgan fingerprint density at radius 2 is 1.90 bits per heavy atom. The Bertz CT molecular complexity index is 441. The van der Waals surface area contributed by atoms with Crippen molar-refractivity contribution in [3.8, 4) is 5.75 Å². The van der Waals surface area contributed by atoms with Crippen LogP contribution in [0.25, 0.3) is 0 Å². The first-order chi connectivity index (χ1) is 9.40. The van der Waals surface area contributed by atoms with Crippen LogP contribution in [0.3, 0.4) is 0 Å². The summed E-state index contributed by atoms with van der Waals surface area (Å²) in [5.74, 6) is 1.90. The molecule has 1 fully saturated rings. The predicted octanol–water partition coefficient (Wildman–Crippen LogP) is 4.14. The fourth-order valence-corrected chi connectivity index (χ4v) is 3.31. The van der Waals surface area contributed by atoms with E-state index in [4.69, 9.17) is 4.74 Å². The highest BCUT2D eigenvalue weighted by atomic mass is 16.5. The molecule has 1 saturated carbocycles. The highest BCUT2D eigenvalue weighted by molar-refractivity contribution is 5.42. The molecule has 1 aliphatic rings. The molecule has 2 heteroatoms. The molecule has 0 spiro atoms. The van der Waals surface area contributed by atoms with E-state index in [1.54, 1.807) is 7.11 Å². The van der Waals surface area contributed by atoms with E-state index in [2.05, 4.69) is 57.3 Å². The highest BCUT2D eigenvalue weighted by Crippen LogP contribution is 2.51. The van der Waals surface area contributed by atoms with Gasteiger partial charge in [-0.3, -0.25) is 0 Å². The Hall–Kier alpha value is -1.02. The number of rotatable bonds is 5. The molecular weight excluding hydrogens is 246 g/mol. The molecule has 0 bridgehead atoms. The molecule has 0 unspecified atom stereocenters. The molecule has 0 radical (unpaired) electrons. The third-order valence-electron chi connectivity index (χ3n) is 4.57. The van der Waals surface area contributed by atoms with E-state index in [-0.39, 0.29) is 11.0 Å². The molecule has 1 aromatic carbocycles. The monoisotopic (exact) mass is 275 g/mol. The van der Waals surface area contributed by atoms with Gasteiger partial charge in [0.1, 0.15) is 5.75 Å². The summed E-state index contributed by atoms with van der Waals surface area (Å²) in [6, 6.07) is 8.53. The number of nitrogens with one attached hydrogen (secondary N) is 1. The number of benzene rings is 1. The largest absolute Gasteiger partial charge is 0.496 e. The van der Waals surface area contributed by atoms with E-state index in [0.29, 0.717) is 0 Å². The van der Waals surface area contributed by atoms with Gasteiger partial charge in [0, 0.05) is 23.1 Å². The topological polar surface area (TPSA) is 21.3 Å². The number of hydrogen-bond acceptors (Lipinski definition) is 2. The standard InChI is InChI=1S/C18H29NO/c1-6-14-11-18(12-14,13-19-17(2,3)4)15-9-7-8-10-16(15)20-5/h7-10,14,19H,6,11-13H2,1-5H3. The molecule has 0 aromatic heterocycles. The quantitative estimate of drug-likeness (QED) is 0.872. The van der Waals surface area contributed by atoms with Crippen molar-refractivity contribution >= 4 is 0 Å². The first-order valence-corrected chi connectivity index (χ1v) is 7.79. The summed E-state index contributed by atoms with van der Waals surface area (Å²) in [6.07, 6.45) is 3.83. The van der Waals surface area contributed by atoms with Crippen molar-refractivity contribution in [2.45, 2.75) is 57.9 Å². The fraction of sp³-hybridized carbons (Fsp3) is 0.667. The van der Waals surface area contributed by atoms with Crippen LogP contribution in [0.15, 0.2) is 24.3 Å². The van der Waals surface area contributed by atoms with Gasteiger partial charge >= 0.3 is 0 Å². The molecule has 0 amide bonds. The van der Waals surface area contributed by atoms with Crippen LogP contribution < -0.4 is 10.1 Å². The Balaban J connectivity index is 2.24. The molecule has 112 valence electrons. The first-order valence-electron chi connectivity index (χ1n) is 7.79. The van der Waals surface area contributed by atoms with E-state index in [9.17, 15) is 0 Å². The molecule has 1 N–H and O–H groups in total. The van der Waals surface area contributed by atoms with Gasteiger partial charge in [-0.1, -0.05) is 31.5 Å². The van der Waals surface area contributed by atoms with Gasteiger partial charge < -0.3 is 10.1 Å². The van der Waals surface area contributed by atoms with Crippen LogP contribution >= 0.6 is 0 Å². The van der Waals surface area contributed by atoms with Crippen LogP contribution in [-0.4, -0.2) is 19.2 Å². The minimum atomic E-state index is 0.159. The van der Waals surface area contributed by atoms with Gasteiger partial charge in [0.2, 0.25) is 0 Å².